The van der Waals surface area contributed by atoms with Gasteiger partial charge in [-0.15, -0.1) is 0 Å². The third kappa shape index (κ3) is 31.0. The van der Waals surface area contributed by atoms with Crippen LogP contribution in [0.1, 0.15) is 400 Å². The number of hydrogen-bond donors (Lipinski definition) is 0. The van der Waals surface area contributed by atoms with Gasteiger partial charge in [0.1, 0.15) is 5.52 Å². The Morgan fingerprint density at radius 1 is 0.167 bits per heavy atom. The maximum atomic E-state index is 4.91. The summed E-state index contributed by atoms with van der Waals surface area (Å²) in [6.45, 7) is 106. The highest BCUT2D eigenvalue weighted by molar-refractivity contribution is 5.80. The Balaban J connectivity index is 0.000000198. The number of fused-ring (bicyclic) bond motifs is 7. The van der Waals surface area contributed by atoms with Crippen LogP contribution in [0.2, 0.25) is 0 Å². The van der Waals surface area contributed by atoms with E-state index in [2.05, 4.69) is 468 Å². The van der Waals surface area contributed by atoms with E-state index < -0.39 is 0 Å². The molecule has 138 heavy (non-hydrogen) atoms. The van der Waals surface area contributed by atoms with Gasteiger partial charge in [-0.05, 0) is 235 Å². The van der Waals surface area contributed by atoms with Gasteiger partial charge in [-0.25, -0.2) is 34.9 Å². The minimum atomic E-state index is 0.154. The van der Waals surface area contributed by atoms with Crippen molar-refractivity contribution in [1.82, 2.24) is 69.8 Å². The van der Waals surface area contributed by atoms with E-state index in [0.29, 0.717) is 41.4 Å². The summed E-state index contributed by atoms with van der Waals surface area (Å²) < 4.78 is 0. The normalized spacial score (nSPS) is 13.2. The van der Waals surface area contributed by atoms with Gasteiger partial charge in [0, 0.05) is 96.2 Å². The van der Waals surface area contributed by atoms with Crippen molar-refractivity contribution in [2.75, 3.05) is 0 Å². The standard InChI is InChI=1S/5C18H26N2.C18H25N.C16H23N3/c2*1-12-8-9-13-14(10-12)19-11-15(20-13)16(17(2,3)4)18(5,6)7;3*1-12-8-9-13-14(10-12)20-15(11-19-13)16(17(2,3)4)18(5,6)7;1-17(2,3)16(18(4,5)6)14-10-9-13-8-7-11-19-15(13)12-14;1-15(2,3)13(16(4,5)6)11-7-8-12-14(19-11)18-10-9-17-12/h5*8-11,16H,1-7H3;7-12,16H,1-6H3;7-10,13H,1-6H3. The molecule has 0 N–H and O–H groups in total. The highest BCUT2D eigenvalue weighted by Crippen LogP contribution is 2.54. The molecule has 0 amide bonds. The molecule has 0 unspecified atom stereocenters. The quantitative estimate of drug-likeness (QED) is 0.147. The number of rotatable bonds is 7. The number of benzene rings is 6. The van der Waals surface area contributed by atoms with E-state index in [1.165, 1.54) is 38.8 Å². The molecule has 8 heterocycles. The summed E-state index contributed by atoms with van der Waals surface area (Å²) in [6, 6.07) is 46.2. The van der Waals surface area contributed by atoms with Gasteiger partial charge in [-0.3, -0.25) is 34.9 Å². The van der Waals surface area contributed by atoms with Crippen molar-refractivity contribution >= 4 is 77.2 Å². The highest BCUT2D eigenvalue weighted by Gasteiger charge is 2.44. The molecule has 0 aliphatic rings. The first-order valence-corrected chi connectivity index (χ1v) is 50.4. The van der Waals surface area contributed by atoms with Crippen LogP contribution in [-0.2, 0) is 0 Å². The molecular formula is C124H178N14. The molecule has 0 bridgehead atoms. The monoisotopic (exact) mass is 1860 g/mol. The predicted molar refractivity (Wildman–Crippen MR) is 592 cm³/mol. The Labute approximate surface area is 834 Å². The van der Waals surface area contributed by atoms with Crippen molar-refractivity contribution in [2.24, 2.45) is 75.8 Å². The molecule has 8 aromatic heterocycles. The Hall–Kier alpha value is -10.1. The lowest BCUT2D eigenvalue weighted by Gasteiger charge is -2.41. The van der Waals surface area contributed by atoms with Crippen molar-refractivity contribution in [3.05, 3.63) is 251 Å². The van der Waals surface area contributed by atoms with Crippen molar-refractivity contribution in [3.8, 4) is 0 Å². The summed E-state index contributed by atoms with van der Waals surface area (Å²) in [4.78, 5) is 65.4. The second-order valence-corrected chi connectivity index (χ2v) is 54.7. The Morgan fingerprint density at radius 2 is 0.399 bits per heavy atom. The molecule has 0 atom stereocenters. The lowest BCUT2D eigenvalue weighted by Crippen LogP contribution is -2.31. The number of pyridine rings is 2. The van der Waals surface area contributed by atoms with Gasteiger partial charge < -0.3 is 0 Å². The Kier molecular flexibility index (Phi) is 35.1. The van der Waals surface area contributed by atoms with Gasteiger partial charge in [0.05, 0.1) is 89.2 Å². The van der Waals surface area contributed by atoms with E-state index in [-0.39, 0.29) is 75.8 Å². The third-order valence-electron chi connectivity index (χ3n) is 25.8. The molecule has 0 spiro atoms. The van der Waals surface area contributed by atoms with E-state index in [1.54, 1.807) is 12.4 Å². The summed E-state index contributed by atoms with van der Waals surface area (Å²) in [6.07, 6.45) is 15.1. The maximum Gasteiger partial charge on any atom is 0.178 e. The molecule has 14 nitrogen and oxygen atoms in total. The topological polar surface area (TPSA) is 180 Å². The number of nitrogens with zero attached hydrogens (tertiary/aromatic N) is 14. The predicted octanol–water partition coefficient (Wildman–Crippen LogP) is 35.2. The van der Waals surface area contributed by atoms with Crippen molar-refractivity contribution in [3.63, 3.8) is 0 Å². The molecule has 0 fully saturated rings. The average Bonchev–Trinajstić information content (AvgIpc) is 0.791. The molecule has 6 aromatic carbocycles. The zero-order chi connectivity index (χ0) is 104. The van der Waals surface area contributed by atoms with Gasteiger partial charge in [0.15, 0.2) is 5.65 Å². The van der Waals surface area contributed by atoms with E-state index in [1.807, 2.05) is 67.5 Å². The second-order valence-electron chi connectivity index (χ2n) is 54.7. The molecule has 0 aliphatic heterocycles. The molecule has 0 aliphatic carbocycles. The fraction of sp³-hybridized carbons (Fsp3) is 0.548. The van der Waals surface area contributed by atoms with Crippen molar-refractivity contribution in [1.29, 1.82) is 0 Å². The zero-order valence-corrected chi connectivity index (χ0v) is 94.6. The van der Waals surface area contributed by atoms with Crippen LogP contribution in [0.3, 0.4) is 0 Å². The van der Waals surface area contributed by atoms with Crippen LogP contribution in [0.15, 0.2) is 183 Å². The number of aromatic nitrogens is 14. The number of hydrogen-bond acceptors (Lipinski definition) is 14. The number of aryl methyl sites for hydroxylation is 5. The third-order valence-corrected chi connectivity index (χ3v) is 25.8. The van der Waals surface area contributed by atoms with Gasteiger partial charge in [0.25, 0.3) is 0 Å². The van der Waals surface area contributed by atoms with Crippen LogP contribution in [-0.4, -0.2) is 69.8 Å². The fourth-order valence-corrected chi connectivity index (χ4v) is 24.1. The molecule has 14 rings (SSSR count). The van der Waals surface area contributed by atoms with Gasteiger partial charge in [0.2, 0.25) is 0 Å². The van der Waals surface area contributed by atoms with Gasteiger partial charge in [-0.1, -0.05) is 339 Å². The summed E-state index contributed by atoms with van der Waals surface area (Å²) in [5.41, 5.74) is 29.0. The van der Waals surface area contributed by atoms with E-state index in [4.69, 9.17) is 29.9 Å². The summed E-state index contributed by atoms with van der Waals surface area (Å²) in [5.74, 6) is 2.71. The van der Waals surface area contributed by atoms with Crippen molar-refractivity contribution < 1.29 is 0 Å². The van der Waals surface area contributed by atoms with Crippen LogP contribution < -0.4 is 0 Å². The fourth-order valence-electron chi connectivity index (χ4n) is 24.1. The van der Waals surface area contributed by atoms with Crippen LogP contribution >= 0.6 is 0 Å². The van der Waals surface area contributed by atoms with Gasteiger partial charge >= 0.3 is 0 Å². The van der Waals surface area contributed by atoms with Crippen LogP contribution in [0.5, 0.6) is 0 Å². The second kappa shape index (κ2) is 42.8. The lowest BCUT2D eigenvalue weighted by molar-refractivity contribution is 0.171. The first-order valence-electron chi connectivity index (χ1n) is 50.4. The summed E-state index contributed by atoms with van der Waals surface area (Å²) in [7, 11) is 0. The summed E-state index contributed by atoms with van der Waals surface area (Å²) >= 11 is 0. The molecule has 744 valence electrons. The SMILES string of the molecule is CC(C)(C)C(c1ccc2cccnc2c1)C(C)(C)C.CC(C)(C)C(c1ccc2nccnc2n1)C(C)(C)C.Cc1ccc2nc(C(C(C)(C)C)C(C)(C)C)cnc2c1.Cc1ccc2nc(C(C(C)(C)C)C(C)(C)C)cnc2c1.Cc1ccc2ncc(C(C(C)(C)C)C(C)(C)C)nc2c1.Cc1ccc2ncc(C(C(C)(C)C)C(C)(C)C)nc2c1.Cc1ccc2ncc(C(C(C)(C)C)C(C)(C)C)nc2c1. The van der Waals surface area contributed by atoms with Crippen LogP contribution in [0, 0.1) is 110 Å². The Morgan fingerprint density at radius 3 is 0.681 bits per heavy atom. The largest absolute Gasteiger partial charge is 0.256 e. The van der Waals surface area contributed by atoms with Crippen LogP contribution in [0.25, 0.3) is 77.2 Å². The lowest BCUT2D eigenvalue weighted by atomic mass is 9.63. The summed E-state index contributed by atoms with van der Waals surface area (Å²) in [5, 5.41) is 1.22. The minimum Gasteiger partial charge on any atom is -0.256 e. The first kappa shape index (κ1) is 113. The molecule has 0 saturated heterocycles. The van der Waals surface area contributed by atoms with E-state index >= 15 is 0 Å². The van der Waals surface area contributed by atoms with E-state index in [0.717, 1.165) is 106 Å². The van der Waals surface area contributed by atoms with Gasteiger partial charge in [-0.2, -0.15) is 0 Å². The van der Waals surface area contributed by atoms with E-state index in [9.17, 15) is 0 Å². The van der Waals surface area contributed by atoms with Crippen molar-refractivity contribution in [2.45, 2.75) is 367 Å². The molecular weight excluding hydrogens is 1690 g/mol. The van der Waals surface area contributed by atoms with Crippen LogP contribution in [0.4, 0.5) is 0 Å². The average molecular weight is 1860 g/mol. The molecule has 14 heteroatoms. The molecule has 14 aromatic rings. The Bertz CT molecular complexity index is 5830. The molecule has 0 radical (unpaired) electrons. The highest BCUT2D eigenvalue weighted by atomic mass is 14.9. The first-order chi connectivity index (χ1) is 62.8. The zero-order valence-electron chi connectivity index (χ0n) is 94.6. The maximum absolute atomic E-state index is 4.91. The molecule has 0 saturated carbocycles. The smallest absolute Gasteiger partial charge is 0.178 e. The minimum absolute atomic E-state index is 0.154.